The summed E-state index contributed by atoms with van der Waals surface area (Å²) in [5.74, 6) is 3.02. The molecule has 7 fully saturated rings. The van der Waals surface area contributed by atoms with Crippen molar-refractivity contribution in [2.45, 2.75) is 114 Å². The van der Waals surface area contributed by atoms with Crippen LogP contribution in [0.4, 0.5) is 5.69 Å². The molecule has 214 valence electrons. The Balaban J connectivity index is 0.979. The molecular formula is C38H52N2. The third kappa shape index (κ3) is 4.65. The number of hydrogen-bond acceptors (Lipinski definition) is 2. The fraction of sp³-hybridized carbons (Fsp3) is 0.684. The second-order valence-electron chi connectivity index (χ2n) is 15.4. The van der Waals surface area contributed by atoms with Crippen LogP contribution < -0.4 is 4.90 Å². The van der Waals surface area contributed by atoms with Gasteiger partial charge in [0.25, 0.3) is 0 Å². The Labute approximate surface area is 243 Å². The predicted octanol–water partition coefficient (Wildman–Crippen LogP) is 8.76. The summed E-state index contributed by atoms with van der Waals surface area (Å²) < 4.78 is 0. The number of rotatable bonds is 6. The maximum atomic E-state index is 2.79. The van der Waals surface area contributed by atoms with Crippen LogP contribution >= 0.6 is 0 Å². The van der Waals surface area contributed by atoms with E-state index in [0.717, 1.165) is 30.2 Å². The SMILES string of the molecule is c1ccc(C23CC4CC(C2)CC(C2CCCC2)(C4)C3)c(Cc2ccc(N3CCN(C4CCCCC4)CC3)cc2)c1. The van der Waals surface area contributed by atoms with Gasteiger partial charge in [-0.2, -0.15) is 0 Å². The summed E-state index contributed by atoms with van der Waals surface area (Å²) in [4.78, 5) is 5.43. The van der Waals surface area contributed by atoms with Gasteiger partial charge in [-0.05, 0) is 128 Å². The molecule has 0 spiro atoms. The zero-order valence-electron chi connectivity index (χ0n) is 25.0. The number of piperazine rings is 1. The molecule has 2 aromatic rings. The largest absolute Gasteiger partial charge is 0.369 e. The number of anilines is 1. The lowest BCUT2D eigenvalue weighted by molar-refractivity contribution is -0.102. The normalized spacial score (nSPS) is 35.0. The molecule has 1 saturated heterocycles. The molecule has 2 nitrogen and oxygen atoms in total. The van der Waals surface area contributed by atoms with Crippen LogP contribution in [0.15, 0.2) is 48.5 Å². The van der Waals surface area contributed by atoms with Gasteiger partial charge in [-0.1, -0.05) is 68.5 Å². The summed E-state index contributed by atoms with van der Waals surface area (Å²) in [6.45, 7) is 4.86. The second kappa shape index (κ2) is 10.5. The highest BCUT2D eigenvalue weighted by Gasteiger charge is 2.60. The van der Waals surface area contributed by atoms with Crippen LogP contribution in [-0.4, -0.2) is 37.1 Å². The first-order valence-corrected chi connectivity index (χ1v) is 17.3. The highest BCUT2D eigenvalue weighted by atomic mass is 15.3. The summed E-state index contributed by atoms with van der Waals surface area (Å²) in [5.41, 5.74) is 7.43. The van der Waals surface area contributed by atoms with E-state index in [1.54, 1.807) is 24.0 Å². The first kappa shape index (κ1) is 25.9. The molecular weight excluding hydrogens is 484 g/mol. The van der Waals surface area contributed by atoms with Crippen LogP contribution in [0.2, 0.25) is 0 Å². The Bertz CT molecular complexity index is 1150. The average molecular weight is 537 g/mol. The molecule has 0 aromatic heterocycles. The predicted molar refractivity (Wildman–Crippen MR) is 167 cm³/mol. The van der Waals surface area contributed by atoms with E-state index in [-0.39, 0.29) is 0 Å². The second-order valence-corrected chi connectivity index (χ2v) is 15.4. The van der Waals surface area contributed by atoms with Crippen LogP contribution in [0.1, 0.15) is 113 Å². The number of hydrogen-bond donors (Lipinski definition) is 0. The number of nitrogens with zero attached hydrogens (tertiary/aromatic N) is 2. The molecule has 2 aromatic carbocycles. The zero-order chi connectivity index (χ0) is 26.6. The van der Waals surface area contributed by atoms with Gasteiger partial charge in [-0.3, -0.25) is 4.90 Å². The van der Waals surface area contributed by atoms with Crippen molar-refractivity contribution in [3.63, 3.8) is 0 Å². The van der Waals surface area contributed by atoms with E-state index in [4.69, 9.17) is 0 Å². The van der Waals surface area contributed by atoms with Gasteiger partial charge in [0.2, 0.25) is 0 Å². The molecule has 0 amide bonds. The lowest BCUT2D eigenvalue weighted by atomic mass is 9.40. The number of benzene rings is 2. The van der Waals surface area contributed by atoms with Gasteiger partial charge in [0, 0.05) is 37.9 Å². The summed E-state index contributed by atoms with van der Waals surface area (Å²) in [6, 6.07) is 20.3. The molecule has 0 N–H and O–H groups in total. The molecule has 6 saturated carbocycles. The molecule has 7 aliphatic rings. The van der Waals surface area contributed by atoms with E-state index in [9.17, 15) is 0 Å². The van der Waals surface area contributed by atoms with Crippen LogP contribution in [0.25, 0.3) is 0 Å². The molecule has 6 aliphatic carbocycles. The molecule has 0 radical (unpaired) electrons. The zero-order valence-corrected chi connectivity index (χ0v) is 25.0. The van der Waals surface area contributed by atoms with Gasteiger partial charge in [0.05, 0.1) is 0 Å². The topological polar surface area (TPSA) is 6.48 Å². The van der Waals surface area contributed by atoms with Crippen molar-refractivity contribution in [1.29, 1.82) is 0 Å². The maximum absolute atomic E-state index is 2.79. The van der Waals surface area contributed by atoms with Gasteiger partial charge in [-0.25, -0.2) is 0 Å². The Hall–Kier alpha value is -1.80. The lowest BCUT2D eigenvalue weighted by Crippen LogP contribution is -2.56. The third-order valence-corrected chi connectivity index (χ3v) is 13.0. The molecule has 2 atom stereocenters. The van der Waals surface area contributed by atoms with E-state index in [1.165, 1.54) is 121 Å². The van der Waals surface area contributed by atoms with Crippen LogP contribution in [-0.2, 0) is 11.8 Å². The molecule has 1 heterocycles. The molecule has 1 aliphatic heterocycles. The van der Waals surface area contributed by atoms with Crippen molar-refractivity contribution in [1.82, 2.24) is 4.90 Å². The monoisotopic (exact) mass is 536 g/mol. The lowest BCUT2D eigenvalue weighted by Gasteiger charge is -2.64. The molecule has 4 bridgehead atoms. The first-order chi connectivity index (χ1) is 19.7. The summed E-state index contributed by atoms with van der Waals surface area (Å²) in [6.07, 6.45) is 23.5. The fourth-order valence-corrected chi connectivity index (χ4v) is 11.7. The van der Waals surface area contributed by atoms with Crippen LogP contribution in [0.5, 0.6) is 0 Å². The van der Waals surface area contributed by atoms with Gasteiger partial charge < -0.3 is 4.90 Å². The van der Waals surface area contributed by atoms with Crippen molar-refractivity contribution >= 4 is 5.69 Å². The minimum absolute atomic E-state index is 0.460. The van der Waals surface area contributed by atoms with E-state index < -0.39 is 0 Å². The Morgan fingerprint density at radius 3 is 2.08 bits per heavy atom. The van der Waals surface area contributed by atoms with Crippen molar-refractivity contribution in [3.8, 4) is 0 Å². The van der Waals surface area contributed by atoms with Crippen molar-refractivity contribution < 1.29 is 0 Å². The van der Waals surface area contributed by atoms with E-state index >= 15 is 0 Å². The fourth-order valence-electron chi connectivity index (χ4n) is 11.7. The quantitative estimate of drug-likeness (QED) is 0.364. The maximum Gasteiger partial charge on any atom is 0.0367 e. The molecule has 2 heteroatoms. The van der Waals surface area contributed by atoms with Crippen molar-refractivity contribution in [2.24, 2.45) is 23.2 Å². The minimum Gasteiger partial charge on any atom is -0.369 e. The minimum atomic E-state index is 0.460. The van der Waals surface area contributed by atoms with Gasteiger partial charge in [0.15, 0.2) is 0 Å². The van der Waals surface area contributed by atoms with Crippen molar-refractivity contribution in [3.05, 3.63) is 65.2 Å². The highest BCUT2D eigenvalue weighted by Crippen LogP contribution is 2.69. The molecule has 9 rings (SSSR count). The highest BCUT2D eigenvalue weighted by molar-refractivity contribution is 5.49. The Morgan fingerprint density at radius 2 is 1.35 bits per heavy atom. The van der Waals surface area contributed by atoms with Crippen LogP contribution in [0.3, 0.4) is 0 Å². The summed E-state index contributed by atoms with van der Waals surface area (Å²) >= 11 is 0. The van der Waals surface area contributed by atoms with Gasteiger partial charge >= 0.3 is 0 Å². The summed E-state index contributed by atoms with van der Waals surface area (Å²) in [5, 5.41) is 0. The Kier molecular flexibility index (Phi) is 6.78. The molecule has 2 unspecified atom stereocenters. The molecule has 40 heavy (non-hydrogen) atoms. The Morgan fingerprint density at radius 1 is 0.675 bits per heavy atom. The van der Waals surface area contributed by atoms with Crippen molar-refractivity contribution in [2.75, 3.05) is 31.1 Å². The van der Waals surface area contributed by atoms with E-state index in [1.807, 2.05) is 0 Å². The summed E-state index contributed by atoms with van der Waals surface area (Å²) in [7, 11) is 0. The van der Waals surface area contributed by atoms with Crippen LogP contribution in [0, 0.1) is 23.2 Å². The first-order valence-electron chi connectivity index (χ1n) is 17.3. The van der Waals surface area contributed by atoms with Gasteiger partial charge in [-0.15, -0.1) is 0 Å². The standard InChI is InChI=1S/C38H52N2/c1-2-11-34(12-3-1)39-18-20-40(21-19-39)35-16-14-29(15-17-35)23-32-8-4-7-13-36(32)38-26-30-22-31(27-38)25-37(24-30,28-38)33-9-5-6-10-33/h4,7-8,13-17,30-31,33-34H,1-3,5-6,9-12,18-28H2. The van der Waals surface area contributed by atoms with E-state index in [2.05, 4.69) is 58.3 Å². The smallest absolute Gasteiger partial charge is 0.0367 e. The average Bonchev–Trinajstić information content (AvgIpc) is 3.54. The third-order valence-electron chi connectivity index (χ3n) is 13.0. The van der Waals surface area contributed by atoms with Gasteiger partial charge in [0.1, 0.15) is 0 Å². The van der Waals surface area contributed by atoms with E-state index in [0.29, 0.717) is 10.8 Å².